The molecule has 1 saturated heterocycles. The molecule has 1 N–H and O–H groups in total. The molecule has 3 rings (SSSR count). The fraction of sp³-hybridized carbons (Fsp3) is 0.438. The molecule has 0 radical (unpaired) electrons. The molecule has 1 aliphatic rings. The fourth-order valence-electron chi connectivity index (χ4n) is 2.95. The van der Waals surface area contributed by atoms with Gasteiger partial charge in [0.15, 0.2) is 0 Å². The Kier molecular flexibility index (Phi) is 4.20. The summed E-state index contributed by atoms with van der Waals surface area (Å²) in [6.45, 7) is 0.881. The number of nitrogens with one attached hydrogen (secondary N) is 1. The first-order chi connectivity index (χ1) is 10.2. The molecule has 0 spiro atoms. The Morgan fingerprint density at radius 3 is 2.81 bits per heavy atom. The van der Waals surface area contributed by atoms with Gasteiger partial charge >= 0.3 is 0 Å². The van der Waals surface area contributed by atoms with Crippen LogP contribution < -0.4 is 10.9 Å². The highest BCUT2D eigenvalue weighted by atomic mass is 19.1. The van der Waals surface area contributed by atoms with Gasteiger partial charge in [-0.15, -0.1) is 0 Å². The summed E-state index contributed by atoms with van der Waals surface area (Å²) in [7, 11) is 0. The van der Waals surface area contributed by atoms with Crippen molar-refractivity contribution in [3.63, 3.8) is 0 Å². The second kappa shape index (κ2) is 6.26. The number of benzene rings is 1. The van der Waals surface area contributed by atoms with Gasteiger partial charge < -0.3 is 9.84 Å². The van der Waals surface area contributed by atoms with Crippen LogP contribution in [0.4, 0.5) is 4.39 Å². The first-order valence-electron chi connectivity index (χ1n) is 7.37. The highest BCUT2D eigenvalue weighted by molar-refractivity contribution is 5.16. The van der Waals surface area contributed by atoms with Crippen molar-refractivity contribution in [2.24, 2.45) is 0 Å². The van der Waals surface area contributed by atoms with Gasteiger partial charge in [-0.05, 0) is 49.9 Å². The van der Waals surface area contributed by atoms with Crippen LogP contribution in [-0.2, 0) is 6.42 Å². The Bertz CT molecular complexity index is 632. The van der Waals surface area contributed by atoms with Crippen LogP contribution in [0.15, 0.2) is 45.9 Å². The van der Waals surface area contributed by atoms with E-state index in [1.165, 1.54) is 29.2 Å². The average molecular weight is 290 g/mol. The zero-order valence-corrected chi connectivity index (χ0v) is 11.8. The third-order valence-corrected chi connectivity index (χ3v) is 4.10. The average Bonchev–Trinajstić information content (AvgIpc) is 2.93. The van der Waals surface area contributed by atoms with Crippen molar-refractivity contribution in [2.45, 2.75) is 37.8 Å². The highest BCUT2D eigenvalue weighted by Gasteiger charge is 2.24. The first-order valence-corrected chi connectivity index (χ1v) is 7.37. The minimum absolute atomic E-state index is 0.0702. The minimum Gasteiger partial charge on any atom is -0.384 e. The third kappa shape index (κ3) is 3.42. The summed E-state index contributed by atoms with van der Waals surface area (Å²) < 4.78 is 19.6. The van der Waals surface area contributed by atoms with Gasteiger partial charge in [-0.25, -0.2) is 4.39 Å². The van der Waals surface area contributed by atoms with Crippen LogP contribution in [0.2, 0.25) is 0 Å². The van der Waals surface area contributed by atoms with E-state index in [1.807, 2.05) is 12.1 Å². The molecule has 2 heterocycles. The van der Waals surface area contributed by atoms with E-state index < -0.39 is 0 Å². The Balaban J connectivity index is 1.58. The number of aromatic nitrogens is 1. The fourth-order valence-corrected chi connectivity index (χ4v) is 2.95. The number of rotatable bonds is 4. The summed E-state index contributed by atoms with van der Waals surface area (Å²) in [6, 6.07) is 8.58. The maximum atomic E-state index is 12.9. The van der Waals surface area contributed by atoms with E-state index in [0.29, 0.717) is 6.04 Å². The topological polar surface area (TPSA) is 47.2 Å². The van der Waals surface area contributed by atoms with Crippen molar-refractivity contribution in [3.05, 3.63) is 58.3 Å². The molecule has 1 aromatic carbocycles. The Morgan fingerprint density at radius 1 is 1.29 bits per heavy atom. The number of piperidine rings is 1. The van der Waals surface area contributed by atoms with E-state index in [0.717, 1.165) is 37.8 Å². The SMILES string of the molecule is O=c1ccon1[C@H]1CCN[C@H](CCc2ccc(F)cc2)C1. The number of aryl methyl sites for hydroxylation is 1. The van der Waals surface area contributed by atoms with Gasteiger partial charge in [0.05, 0.1) is 6.04 Å². The molecule has 1 fully saturated rings. The molecule has 0 aliphatic carbocycles. The van der Waals surface area contributed by atoms with Crippen LogP contribution in [0, 0.1) is 5.82 Å². The number of hydrogen-bond acceptors (Lipinski definition) is 3. The summed E-state index contributed by atoms with van der Waals surface area (Å²) >= 11 is 0. The lowest BCUT2D eigenvalue weighted by Crippen LogP contribution is -2.40. The van der Waals surface area contributed by atoms with Gasteiger partial charge in [-0.3, -0.25) is 4.79 Å². The van der Waals surface area contributed by atoms with Gasteiger partial charge in [0.2, 0.25) is 0 Å². The lowest BCUT2D eigenvalue weighted by molar-refractivity contribution is 0.159. The first kappa shape index (κ1) is 14.1. The van der Waals surface area contributed by atoms with Gasteiger partial charge in [0.25, 0.3) is 5.56 Å². The summed E-state index contributed by atoms with van der Waals surface area (Å²) in [5.74, 6) is -0.202. The van der Waals surface area contributed by atoms with Gasteiger partial charge in [0.1, 0.15) is 12.1 Å². The number of nitrogens with zero attached hydrogens (tertiary/aromatic N) is 1. The molecular formula is C16H19FN2O2. The second-order valence-electron chi connectivity index (χ2n) is 5.57. The molecule has 1 aliphatic heterocycles. The molecule has 0 bridgehead atoms. The zero-order chi connectivity index (χ0) is 14.7. The quantitative estimate of drug-likeness (QED) is 0.941. The van der Waals surface area contributed by atoms with Gasteiger partial charge in [-0.2, -0.15) is 4.74 Å². The molecule has 0 saturated carbocycles. The highest BCUT2D eigenvalue weighted by Crippen LogP contribution is 2.23. The predicted molar refractivity (Wildman–Crippen MR) is 77.8 cm³/mol. The van der Waals surface area contributed by atoms with Crippen LogP contribution in [-0.4, -0.2) is 17.3 Å². The molecule has 0 amide bonds. The third-order valence-electron chi connectivity index (χ3n) is 4.10. The van der Waals surface area contributed by atoms with E-state index in [2.05, 4.69) is 5.32 Å². The van der Waals surface area contributed by atoms with Gasteiger partial charge in [0, 0.05) is 12.1 Å². The lowest BCUT2D eigenvalue weighted by Gasteiger charge is -2.29. The van der Waals surface area contributed by atoms with Crippen LogP contribution in [0.25, 0.3) is 0 Å². The maximum Gasteiger partial charge on any atom is 0.282 e. The molecule has 21 heavy (non-hydrogen) atoms. The van der Waals surface area contributed by atoms with Crippen molar-refractivity contribution in [3.8, 4) is 0 Å². The molecule has 4 nitrogen and oxygen atoms in total. The molecule has 5 heteroatoms. The zero-order valence-electron chi connectivity index (χ0n) is 11.8. The molecule has 2 aromatic rings. The monoisotopic (exact) mass is 290 g/mol. The van der Waals surface area contributed by atoms with E-state index in [4.69, 9.17) is 4.52 Å². The van der Waals surface area contributed by atoms with Crippen LogP contribution in [0.3, 0.4) is 0 Å². The van der Waals surface area contributed by atoms with E-state index in [-0.39, 0.29) is 17.4 Å². The smallest absolute Gasteiger partial charge is 0.282 e. The van der Waals surface area contributed by atoms with Crippen molar-refractivity contribution >= 4 is 0 Å². The number of hydrogen-bond donors (Lipinski definition) is 1. The molecule has 1 aromatic heterocycles. The standard InChI is InChI=1S/C16H19FN2O2/c17-13-4-1-12(2-5-13)3-6-14-11-15(7-9-18-14)19-16(20)8-10-21-19/h1-2,4-5,8,10,14-15,18H,3,6-7,9,11H2/t14-,15+/m1/s1. The number of halogens is 1. The van der Waals surface area contributed by atoms with Crippen molar-refractivity contribution in [1.29, 1.82) is 0 Å². The van der Waals surface area contributed by atoms with Gasteiger partial charge in [-0.1, -0.05) is 12.1 Å². The summed E-state index contributed by atoms with van der Waals surface area (Å²) in [4.78, 5) is 11.6. The summed E-state index contributed by atoms with van der Waals surface area (Å²) in [5, 5.41) is 3.48. The normalized spacial score (nSPS) is 22.3. The maximum absolute atomic E-state index is 12.9. The second-order valence-corrected chi connectivity index (χ2v) is 5.57. The predicted octanol–water partition coefficient (Wildman–Crippen LogP) is 2.51. The largest absolute Gasteiger partial charge is 0.384 e. The van der Waals surface area contributed by atoms with E-state index in [1.54, 1.807) is 0 Å². The molecule has 0 unspecified atom stereocenters. The molecule has 2 atom stereocenters. The minimum atomic E-state index is -0.202. The summed E-state index contributed by atoms with van der Waals surface area (Å²) in [5.41, 5.74) is 1.06. The summed E-state index contributed by atoms with van der Waals surface area (Å²) in [6.07, 6.45) is 5.10. The van der Waals surface area contributed by atoms with Crippen LogP contribution in [0.5, 0.6) is 0 Å². The Morgan fingerprint density at radius 2 is 2.10 bits per heavy atom. The van der Waals surface area contributed by atoms with Crippen molar-refractivity contribution < 1.29 is 8.91 Å². The van der Waals surface area contributed by atoms with Crippen LogP contribution >= 0.6 is 0 Å². The van der Waals surface area contributed by atoms with Crippen molar-refractivity contribution in [2.75, 3.05) is 6.54 Å². The lowest BCUT2D eigenvalue weighted by atomic mass is 9.94. The molecule has 112 valence electrons. The van der Waals surface area contributed by atoms with Crippen LogP contribution in [0.1, 0.15) is 30.9 Å². The van der Waals surface area contributed by atoms with E-state index in [9.17, 15) is 9.18 Å². The van der Waals surface area contributed by atoms with E-state index >= 15 is 0 Å². The molecular weight excluding hydrogens is 271 g/mol. The Labute approximate surface area is 122 Å². The van der Waals surface area contributed by atoms with Crippen molar-refractivity contribution in [1.82, 2.24) is 10.1 Å². The Hall–Kier alpha value is -1.88.